The monoisotopic (exact) mass is 310 g/mol. The van der Waals surface area contributed by atoms with Crippen LogP contribution in [0.25, 0.3) is 11.3 Å². The molecule has 0 aliphatic carbocycles. The van der Waals surface area contributed by atoms with E-state index in [0.717, 1.165) is 17.0 Å². The fourth-order valence-electron chi connectivity index (χ4n) is 2.27. The van der Waals surface area contributed by atoms with Gasteiger partial charge in [-0.15, -0.1) is 0 Å². The molecule has 0 N–H and O–H groups in total. The molecule has 0 aliphatic rings. The minimum Gasteiger partial charge on any atom is -0.359 e. The zero-order valence-electron chi connectivity index (χ0n) is 13.1. The highest BCUT2D eigenvalue weighted by Gasteiger charge is 2.14. The molecule has 0 bridgehead atoms. The maximum absolute atomic E-state index is 12.2. The molecule has 0 saturated heterocycles. The topological polar surface area (TPSA) is 64.2 Å². The summed E-state index contributed by atoms with van der Waals surface area (Å²) in [6.07, 6.45) is 1.69. The third kappa shape index (κ3) is 3.48. The number of carbonyl (C=O) groups is 1. The largest absolute Gasteiger partial charge is 0.359 e. The summed E-state index contributed by atoms with van der Waals surface area (Å²) in [6, 6.07) is 13.5. The molecule has 0 spiro atoms. The van der Waals surface area contributed by atoms with Gasteiger partial charge in [0.15, 0.2) is 5.76 Å². The Kier molecular flexibility index (Phi) is 4.23. The highest BCUT2D eigenvalue weighted by molar-refractivity contribution is 5.75. The first-order chi connectivity index (χ1) is 11.1. The smallest absolute Gasteiger partial charge is 0.244 e. The normalized spacial score (nSPS) is 10.7. The number of aromatic nitrogens is 3. The molecule has 2 heterocycles. The third-order valence-electron chi connectivity index (χ3n) is 3.66. The van der Waals surface area contributed by atoms with E-state index in [1.54, 1.807) is 22.8 Å². The first-order valence-corrected chi connectivity index (χ1v) is 7.37. The van der Waals surface area contributed by atoms with E-state index in [9.17, 15) is 4.79 Å². The molecule has 0 radical (unpaired) electrons. The van der Waals surface area contributed by atoms with Crippen molar-refractivity contribution in [3.63, 3.8) is 0 Å². The second kappa shape index (κ2) is 6.48. The zero-order chi connectivity index (χ0) is 16.2. The van der Waals surface area contributed by atoms with Crippen molar-refractivity contribution in [3.05, 3.63) is 60.1 Å². The van der Waals surface area contributed by atoms with Gasteiger partial charge in [-0.3, -0.25) is 9.48 Å². The molecular formula is C17H18N4O2. The second-order valence-electron chi connectivity index (χ2n) is 5.42. The molecule has 1 aromatic carbocycles. The number of aryl methyl sites for hydroxylation is 1. The fourth-order valence-corrected chi connectivity index (χ4v) is 2.27. The molecule has 0 fully saturated rings. The van der Waals surface area contributed by atoms with Crippen molar-refractivity contribution in [2.75, 3.05) is 7.05 Å². The number of amides is 1. The van der Waals surface area contributed by atoms with Crippen LogP contribution in [0.1, 0.15) is 11.5 Å². The van der Waals surface area contributed by atoms with E-state index < -0.39 is 0 Å². The molecule has 23 heavy (non-hydrogen) atoms. The van der Waals surface area contributed by atoms with E-state index in [-0.39, 0.29) is 12.5 Å². The SMILES string of the molecule is Cc1ccnn1CC(=O)N(C)Cc1cc(-c2ccccc2)no1. The standard InChI is InChI=1S/C17H18N4O2/c1-13-8-9-18-21(13)12-17(22)20(2)11-15-10-16(19-23-15)14-6-4-3-5-7-14/h3-10H,11-12H2,1-2H3. The quantitative estimate of drug-likeness (QED) is 0.726. The van der Waals surface area contributed by atoms with Crippen molar-refractivity contribution in [1.82, 2.24) is 19.8 Å². The van der Waals surface area contributed by atoms with Crippen LogP contribution in [0, 0.1) is 6.92 Å². The Morgan fingerprint density at radius 1 is 1.26 bits per heavy atom. The van der Waals surface area contributed by atoms with Crippen LogP contribution < -0.4 is 0 Å². The molecule has 0 unspecified atom stereocenters. The van der Waals surface area contributed by atoms with Crippen molar-refractivity contribution in [3.8, 4) is 11.3 Å². The maximum Gasteiger partial charge on any atom is 0.244 e. The van der Waals surface area contributed by atoms with Crippen LogP contribution in [0.15, 0.2) is 53.2 Å². The molecule has 0 atom stereocenters. The number of likely N-dealkylation sites (N-methyl/N-ethyl adjacent to an activating group) is 1. The summed E-state index contributed by atoms with van der Waals surface area (Å²) in [7, 11) is 1.74. The van der Waals surface area contributed by atoms with Crippen LogP contribution in [0.4, 0.5) is 0 Å². The lowest BCUT2D eigenvalue weighted by Gasteiger charge is -2.15. The Morgan fingerprint density at radius 3 is 2.74 bits per heavy atom. The summed E-state index contributed by atoms with van der Waals surface area (Å²) in [6.45, 7) is 2.51. The Balaban J connectivity index is 1.64. The van der Waals surface area contributed by atoms with Gasteiger partial charge < -0.3 is 9.42 Å². The van der Waals surface area contributed by atoms with Gasteiger partial charge >= 0.3 is 0 Å². The Labute approximate surface area is 134 Å². The Hall–Kier alpha value is -2.89. The van der Waals surface area contributed by atoms with Crippen LogP contribution in [0.5, 0.6) is 0 Å². The molecule has 3 aromatic rings. The molecular weight excluding hydrogens is 292 g/mol. The first-order valence-electron chi connectivity index (χ1n) is 7.37. The third-order valence-corrected chi connectivity index (χ3v) is 3.66. The summed E-state index contributed by atoms with van der Waals surface area (Å²) >= 11 is 0. The zero-order valence-corrected chi connectivity index (χ0v) is 13.1. The van der Waals surface area contributed by atoms with Crippen LogP contribution in [0.2, 0.25) is 0 Å². The van der Waals surface area contributed by atoms with E-state index in [2.05, 4.69) is 10.3 Å². The molecule has 118 valence electrons. The van der Waals surface area contributed by atoms with Gasteiger partial charge in [-0.1, -0.05) is 35.5 Å². The minimum atomic E-state index is -0.0329. The van der Waals surface area contributed by atoms with Crippen LogP contribution in [0.3, 0.4) is 0 Å². The van der Waals surface area contributed by atoms with E-state index in [1.807, 2.05) is 49.4 Å². The van der Waals surface area contributed by atoms with Crippen LogP contribution >= 0.6 is 0 Å². The van der Waals surface area contributed by atoms with E-state index in [1.165, 1.54) is 0 Å². The molecule has 0 saturated carbocycles. The van der Waals surface area contributed by atoms with Crippen molar-refractivity contribution >= 4 is 5.91 Å². The summed E-state index contributed by atoms with van der Waals surface area (Å²) < 4.78 is 7.01. The highest BCUT2D eigenvalue weighted by atomic mass is 16.5. The molecule has 3 rings (SSSR count). The minimum absolute atomic E-state index is 0.0329. The van der Waals surface area contributed by atoms with E-state index in [0.29, 0.717) is 12.3 Å². The summed E-state index contributed by atoms with van der Waals surface area (Å²) in [5.41, 5.74) is 2.71. The lowest BCUT2D eigenvalue weighted by molar-refractivity contribution is -0.131. The van der Waals surface area contributed by atoms with Gasteiger partial charge in [0.2, 0.25) is 5.91 Å². The lowest BCUT2D eigenvalue weighted by atomic mass is 10.1. The average Bonchev–Trinajstić information content (AvgIpc) is 3.18. The van der Waals surface area contributed by atoms with Crippen molar-refractivity contribution in [2.45, 2.75) is 20.0 Å². The number of rotatable bonds is 5. The molecule has 2 aromatic heterocycles. The van der Waals surface area contributed by atoms with Gasteiger partial charge in [0, 0.05) is 30.6 Å². The van der Waals surface area contributed by atoms with Gasteiger partial charge in [-0.2, -0.15) is 5.10 Å². The van der Waals surface area contributed by atoms with Crippen molar-refractivity contribution in [1.29, 1.82) is 0 Å². The van der Waals surface area contributed by atoms with Gasteiger partial charge in [-0.25, -0.2) is 0 Å². The molecule has 0 aliphatic heterocycles. The number of nitrogens with zero attached hydrogens (tertiary/aromatic N) is 4. The Morgan fingerprint density at radius 2 is 2.04 bits per heavy atom. The Bertz CT molecular complexity index is 792. The summed E-state index contributed by atoms with van der Waals surface area (Å²) in [4.78, 5) is 13.9. The van der Waals surface area contributed by atoms with E-state index >= 15 is 0 Å². The second-order valence-corrected chi connectivity index (χ2v) is 5.42. The van der Waals surface area contributed by atoms with Gasteiger partial charge in [0.1, 0.15) is 12.2 Å². The van der Waals surface area contributed by atoms with Gasteiger partial charge in [0.25, 0.3) is 0 Å². The lowest BCUT2D eigenvalue weighted by Crippen LogP contribution is -2.30. The van der Waals surface area contributed by atoms with Gasteiger partial charge in [0.05, 0.1) is 6.54 Å². The maximum atomic E-state index is 12.2. The van der Waals surface area contributed by atoms with Crippen molar-refractivity contribution in [2.24, 2.45) is 0 Å². The van der Waals surface area contributed by atoms with Crippen LogP contribution in [-0.2, 0) is 17.9 Å². The molecule has 6 nitrogen and oxygen atoms in total. The number of carbonyl (C=O) groups excluding carboxylic acids is 1. The highest BCUT2D eigenvalue weighted by Crippen LogP contribution is 2.19. The number of hydrogen-bond acceptors (Lipinski definition) is 4. The average molecular weight is 310 g/mol. The summed E-state index contributed by atoms with van der Waals surface area (Å²) in [5, 5.41) is 8.18. The number of benzene rings is 1. The molecule has 6 heteroatoms. The summed E-state index contributed by atoms with van der Waals surface area (Å²) in [5.74, 6) is 0.617. The fraction of sp³-hybridized carbons (Fsp3) is 0.235. The van der Waals surface area contributed by atoms with E-state index in [4.69, 9.17) is 4.52 Å². The first kappa shape index (κ1) is 15.0. The predicted octanol–water partition coefficient (Wildman–Crippen LogP) is 2.51. The molecule has 1 amide bonds. The number of hydrogen-bond donors (Lipinski definition) is 0. The van der Waals surface area contributed by atoms with Gasteiger partial charge in [-0.05, 0) is 13.0 Å². The van der Waals surface area contributed by atoms with Crippen molar-refractivity contribution < 1.29 is 9.32 Å². The predicted molar refractivity (Wildman–Crippen MR) is 85.4 cm³/mol. The van der Waals surface area contributed by atoms with Crippen LogP contribution in [-0.4, -0.2) is 32.8 Å².